The minimum atomic E-state index is -0.494. The molecule has 0 fully saturated rings. The maximum atomic E-state index is 11.7. The standard InChI is InChI=1S/C21H21NO5/c1-25-19-12-17(14-23)13-20(26-2)18(19)10-6-7-11-22-21(24)27-15-16-8-4-3-5-9-16/h3-5,8-9,12-14H,7,11,15H2,1-2H3,(H,22,24). The predicted molar refractivity (Wildman–Crippen MR) is 101 cm³/mol. The van der Waals surface area contributed by atoms with Crippen molar-refractivity contribution < 1.29 is 23.8 Å². The summed E-state index contributed by atoms with van der Waals surface area (Å²) in [6, 6.07) is 12.6. The Hall–Kier alpha value is -3.46. The second-order valence-corrected chi connectivity index (χ2v) is 5.46. The molecule has 0 saturated carbocycles. The molecular formula is C21H21NO5. The van der Waals surface area contributed by atoms with Crippen molar-refractivity contribution in [2.75, 3.05) is 20.8 Å². The van der Waals surface area contributed by atoms with E-state index in [2.05, 4.69) is 17.2 Å². The maximum absolute atomic E-state index is 11.7. The Morgan fingerprint density at radius 3 is 2.37 bits per heavy atom. The minimum absolute atomic E-state index is 0.218. The van der Waals surface area contributed by atoms with Crippen LogP contribution in [0.1, 0.15) is 27.9 Å². The van der Waals surface area contributed by atoms with Gasteiger partial charge < -0.3 is 19.5 Å². The summed E-state index contributed by atoms with van der Waals surface area (Å²) in [6.45, 7) is 0.563. The van der Waals surface area contributed by atoms with Crippen LogP contribution in [0.25, 0.3) is 0 Å². The molecule has 0 aliphatic carbocycles. The van der Waals surface area contributed by atoms with Gasteiger partial charge in [-0.2, -0.15) is 0 Å². The molecule has 0 heterocycles. The van der Waals surface area contributed by atoms with E-state index >= 15 is 0 Å². The van der Waals surface area contributed by atoms with Gasteiger partial charge in [0.2, 0.25) is 0 Å². The molecule has 140 valence electrons. The van der Waals surface area contributed by atoms with Gasteiger partial charge in [-0.05, 0) is 17.7 Å². The Morgan fingerprint density at radius 2 is 1.78 bits per heavy atom. The number of hydrogen-bond acceptors (Lipinski definition) is 5. The van der Waals surface area contributed by atoms with Crippen LogP contribution in [0.5, 0.6) is 11.5 Å². The van der Waals surface area contributed by atoms with Crippen molar-refractivity contribution in [2.45, 2.75) is 13.0 Å². The fourth-order valence-electron chi connectivity index (χ4n) is 2.28. The van der Waals surface area contributed by atoms with Crippen molar-refractivity contribution in [3.63, 3.8) is 0 Å². The average Bonchev–Trinajstić information content (AvgIpc) is 2.72. The van der Waals surface area contributed by atoms with E-state index < -0.39 is 6.09 Å². The number of nitrogens with one attached hydrogen (secondary N) is 1. The molecule has 0 aromatic heterocycles. The molecule has 1 amide bonds. The number of methoxy groups -OCH3 is 2. The van der Waals surface area contributed by atoms with E-state index in [0.717, 1.165) is 5.56 Å². The first-order chi connectivity index (χ1) is 13.2. The number of ether oxygens (including phenoxy) is 3. The van der Waals surface area contributed by atoms with Crippen LogP contribution < -0.4 is 14.8 Å². The van der Waals surface area contributed by atoms with Crippen LogP contribution >= 0.6 is 0 Å². The monoisotopic (exact) mass is 367 g/mol. The molecule has 6 heteroatoms. The average molecular weight is 367 g/mol. The SMILES string of the molecule is COc1cc(C=O)cc(OC)c1C#CCCNC(=O)OCc1ccccc1. The van der Waals surface area contributed by atoms with Crippen LogP contribution in [0.2, 0.25) is 0 Å². The molecule has 27 heavy (non-hydrogen) atoms. The molecule has 0 aliphatic rings. The van der Waals surface area contributed by atoms with Gasteiger partial charge in [-0.15, -0.1) is 0 Å². The summed E-state index contributed by atoms with van der Waals surface area (Å²) in [7, 11) is 3.00. The molecule has 1 N–H and O–H groups in total. The lowest BCUT2D eigenvalue weighted by Gasteiger charge is -2.09. The van der Waals surface area contributed by atoms with Crippen molar-refractivity contribution in [1.82, 2.24) is 5.32 Å². The number of amides is 1. The van der Waals surface area contributed by atoms with E-state index in [1.54, 1.807) is 12.1 Å². The first-order valence-corrected chi connectivity index (χ1v) is 8.32. The van der Waals surface area contributed by atoms with Crippen LogP contribution in [-0.4, -0.2) is 33.1 Å². The highest BCUT2D eigenvalue weighted by Crippen LogP contribution is 2.29. The van der Waals surface area contributed by atoms with Crippen LogP contribution in [0.4, 0.5) is 4.79 Å². The van der Waals surface area contributed by atoms with Crippen LogP contribution in [0, 0.1) is 11.8 Å². The van der Waals surface area contributed by atoms with Gasteiger partial charge in [0.05, 0.1) is 14.2 Å². The molecule has 0 spiro atoms. The summed E-state index contributed by atoms with van der Waals surface area (Å²) < 4.78 is 15.7. The van der Waals surface area contributed by atoms with Crippen molar-refractivity contribution in [3.8, 4) is 23.3 Å². The van der Waals surface area contributed by atoms with E-state index in [1.807, 2.05) is 30.3 Å². The summed E-state index contributed by atoms with van der Waals surface area (Å²) in [6.07, 6.45) is 0.640. The molecule has 0 atom stereocenters. The highest BCUT2D eigenvalue weighted by atomic mass is 16.5. The molecule has 0 radical (unpaired) electrons. The Labute approximate surface area is 158 Å². The second kappa shape index (κ2) is 10.5. The van der Waals surface area contributed by atoms with E-state index in [0.29, 0.717) is 41.9 Å². The lowest BCUT2D eigenvalue weighted by molar-refractivity contribution is 0.112. The van der Waals surface area contributed by atoms with E-state index in [-0.39, 0.29) is 6.61 Å². The fourth-order valence-corrected chi connectivity index (χ4v) is 2.28. The highest BCUT2D eigenvalue weighted by Gasteiger charge is 2.10. The smallest absolute Gasteiger partial charge is 0.407 e. The summed E-state index contributed by atoms with van der Waals surface area (Å²) in [4.78, 5) is 22.6. The van der Waals surface area contributed by atoms with Crippen LogP contribution in [-0.2, 0) is 11.3 Å². The zero-order valence-electron chi connectivity index (χ0n) is 15.3. The van der Waals surface area contributed by atoms with Gasteiger partial charge in [0.1, 0.15) is 30.0 Å². The molecule has 6 nitrogen and oxygen atoms in total. The number of rotatable bonds is 7. The van der Waals surface area contributed by atoms with Crippen LogP contribution in [0.3, 0.4) is 0 Å². The van der Waals surface area contributed by atoms with Crippen molar-refractivity contribution >= 4 is 12.4 Å². The number of carbonyl (C=O) groups excluding carboxylic acids is 2. The van der Waals surface area contributed by atoms with E-state index in [1.165, 1.54) is 14.2 Å². The molecule has 0 bridgehead atoms. The molecule has 0 unspecified atom stereocenters. The van der Waals surface area contributed by atoms with Gasteiger partial charge in [0, 0.05) is 18.5 Å². The van der Waals surface area contributed by atoms with Gasteiger partial charge in [0.15, 0.2) is 0 Å². The molecule has 2 aromatic carbocycles. The van der Waals surface area contributed by atoms with Crippen molar-refractivity contribution in [3.05, 3.63) is 59.2 Å². The van der Waals surface area contributed by atoms with Gasteiger partial charge in [0.25, 0.3) is 0 Å². The minimum Gasteiger partial charge on any atom is -0.495 e. The lowest BCUT2D eigenvalue weighted by Crippen LogP contribution is -2.24. The van der Waals surface area contributed by atoms with Gasteiger partial charge in [-0.25, -0.2) is 4.79 Å². The number of alkyl carbamates (subject to hydrolysis) is 1. The molecule has 0 aliphatic heterocycles. The van der Waals surface area contributed by atoms with Crippen LogP contribution in [0.15, 0.2) is 42.5 Å². The fraction of sp³-hybridized carbons (Fsp3) is 0.238. The molecular weight excluding hydrogens is 346 g/mol. The number of hydrogen-bond donors (Lipinski definition) is 1. The number of benzene rings is 2. The Kier molecular flexibility index (Phi) is 7.73. The summed E-state index contributed by atoms with van der Waals surface area (Å²) in [5, 5.41) is 2.64. The zero-order chi connectivity index (χ0) is 19.5. The molecule has 2 aromatic rings. The third kappa shape index (κ3) is 6.08. The zero-order valence-corrected chi connectivity index (χ0v) is 15.3. The summed E-state index contributed by atoms with van der Waals surface area (Å²) in [5.41, 5.74) is 1.92. The van der Waals surface area contributed by atoms with Gasteiger partial charge in [-0.1, -0.05) is 42.2 Å². The van der Waals surface area contributed by atoms with Gasteiger partial charge in [-0.3, -0.25) is 4.79 Å². The predicted octanol–water partition coefficient (Wildman–Crippen LogP) is 3.18. The van der Waals surface area contributed by atoms with Crippen molar-refractivity contribution in [2.24, 2.45) is 0 Å². The Bertz CT molecular complexity index is 812. The largest absolute Gasteiger partial charge is 0.495 e. The van der Waals surface area contributed by atoms with Crippen molar-refractivity contribution in [1.29, 1.82) is 0 Å². The second-order valence-electron chi connectivity index (χ2n) is 5.46. The molecule has 2 rings (SSSR count). The topological polar surface area (TPSA) is 73.9 Å². The number of aldehydes is 1. The third-order valence-electron chi connectivity index (χ3n) is 3.61. The van der Waals surface area contributed by atoms with E-state index in [4.69, 9.17) is 14.2 Å². The Balaban J connectivity index is 1.86. The first-order valence-electron chi connectivity index (χ1n) is 8.32. The van der Waals surface area contributed by atoms with Gasteiger partial charge >= 0.3 is 6.09 Å². The third-order valence-corrected chi connectivity index (χ3v) is 3.61. The quantitative estimate of drug-likeness (QED) is 0.462. The molecule has 0 saturated heterocycles. The lowest BCUT2D eigenvalue weighted by atomic mass is 10.1. The normalized spacial score (nSPS) is 9.56. The maximum Gasteiger partial charge on any atom is 0.407 e. The number of carbonyl (C=O) groups is 2. The first kappa shape index (κ1) is 19.9. The van der Waals surface area contributed by atoms with E-state index in [9.17, 15) is 9.59 Å². The highest BCUT2D eigenvalue weighted by molar-refractivity contribution is 5.78. The Morgan fingerprint density at radius 1 is 1.11 bits per heavy atom. The summed E-state index contributed by atoms with van der Waals surface area (Å²) >= 11 is 0. The summed E-state index contributed by atoms with van der Waals surface area (Å²) in [5.74, 6) is 6.82.